The number of ether oxygens (including phenoxy) is 1. The molecule has 0 saturated carbocycles. The van der Waals surface area contributed by atoms with Crippen LogP contribution in [0.1, 0.15) is 25.6 Å². The van der Waals surface area contributed by atoms with Crippen LogP contribution in [0.3, 0.4) is 0 Å². The molecule has 0 fully saturated rings. The lowest BCUT2D eigenvalue weighted by atomic mass is 10.2. The van der Waals surface area contributed by atoms with Gasteiger partial charge in [0, 0.05) is 19.6 Å². The summed E-state index contributed by atoms with van der Waals surface area (Å²) in [6, 6.07) is 0.463. The average Bonchev–Trinajstić information content (AvgIpc) is 2.75. The largest absolute Gasteiger partial charge is 0.383 e. The first-order valence-electron chi connectivity index (χ1n) is 5.43. The number of nitrogens with zero attached hydrogens (tertiary/aromatic N) is 2. The Hall–Kier alpha value is -0.940. The van der Waals surface area contributed by atoms with E-state index in [9.17, 15) is 0 Å². The highest BCUT2D eigenvalue weighted by atomic mass is 16.5. The molecule has 0 aliphatic heterocycles. The van der Waals surface area contributed by atoms with Crippen LogP contribution in [0.15, 0.2) is 6.33 Å². The van der Waals surface area contributed by atoms with Crippen molar-refractivity contribution in [2.75, 3.05) is 20.3 Å². The molecular formula is C10H20N4O. The van der Waals surface area contributed by atoms with E-state index >= 15 is 0 Å². The predicted molar refractivity (Wildman–Crippen MR) is 58.7 cm³/mol. The van der Waals surface area contributed by atoms with E-state index in [2.05, 4.69) is 27.4 Å². The zero-order chi connectivity index (χ0) is 10.9. The van der Waals surface area contributed by atoms with Gasteiger partial charge in [0.05, 0.1) is 6.61 Å². The predicted octanol–water partition coefficient (Wildman–Crippen LogP) is 0.752. The van der Waals surface area contributed by atoms with E-state index in [1.165, 1.54) is 0 Å². The van der Waals surface area contributed by atoms with E-state index in [-0.39, 0.29) is 0 Å². The fourth-order valence-electron chi connectivity index (χ4n) is 1.44. The van der Waals surface area contributed by atoms with Crippen LogP contribution >= 0.6 is 0 Å². The fourth-order valence-corrected chi connectivity index (χ4v) is 1.44. The molecule has 1 unspecified atom stereocenters. The second kappa shape index (κ2) is 7.36. The second-order valence-corrected chi connectivity index (χ2v) is 3.55. The number of aryl methyl sites for hydroxylation is 1. The molecule has 0 radical (unpaired) electrons. The number of rotatable bonds is 8. The topological polar surface area (TPSA) is 62.8 Å². The molecule has 0 spiro atoms. The van der Waals surface area contributed by atoms with E-state index in [4.69, 9.17) is 4.74 Å². The van der Waals surface area contributed by atoms with Crippen molar-refractivity contribution in [1.82, 2.24) is 20.5 Å². The third-order valence-electron chi connectivity index (χ3n) is 2.35. The smallest absolute Gasteiger partial charge is 0.137 e. The Labute approximate surface area is 90.6 Å². The summed E-state index contributed by atoms with van der Waals surface area (Å²) in [7, 11) is 1.73. The van der Waals surface area contributed by atoms with E-state index in [1.807, 2.05) is 0 Å². The summed E-state index contributed by atoms with van der Waals surface area (Å²) >= 11 is 0. The zero-order valence-corrected chi connectivity index (χ0v) is 9.49. The Balaban J connectivity index is 2.05. The van der Waals surface area contributed by atoms with E-state index in [0.29, 0.717) is 6.04 Å². The van der Waals surface area contributed by atoms with Crippen molar-refractivity contribution >= 4 is 0 Å². The van der Waals surface area contributed by atoms with E-state index < -0.39 is 0 Å². The van der Waals surface area contributed by atoms with Gasteiger partial charge in [-0.2, -0.15) is 5.10 Å². The van der Waals surface area contributed by atoms with Crippen molar-refractivity contribution in [3.8, 4) is 0 Å². The highest BCUT2D eigenvalue weighted by Gasteiger charge is 2.03. The number of aromatic amines is 1. The van der Waals surface area contributed by atoms with Gasteiger partial charge in [0.2, 0.25) is 0 Å². The Morgan fingerprint density at radius 2 is 2.47 bits per heavy atom. The number of aromatic nitrogens is 3. The Morgan fingerprint density at radius 1 is 1.60 bits per heavy atom. The standard InChI is InChI=1S/C10H20N4O/c1-3-9(7-15-2)11-6-4-5-10-12-8-13-14-10/h8-9,11H,3-7H2,1-2H3,(H,12,13,14). The van der Waals surface area contributed by atoms with Crippen molar-refractivity contribution in [2.24, 2.45) is 0 Å². The number of H-pyrrole nitrogens is 1. The molecule has 1 heterocycles. The normalized spacial score (nSPS) is 12.9. The summed E-state index contributed by atoms with van der Waals surface area (Å²) < 4.78 is 5.11. The molecule has 2 N–H and O–H groups in total. The maximum absolute atomic E-state index is 5.11. The molecule has 1 aromatic rings. The molecule has 1 atom stereocenters. The van der Waals surface area contributed by atoms with Gasteiger partial charge in [0.25, 0.3) is 0 Å². The molecule has 1 rings (SSSR count). The first kappa shape index (κ1) is 12.1. The minimum atomic E-state index is 0.463. The van der Waals surface area contributed by atoms with Crippen LogP contribution in [-0.2, 0) is 11.2 Å². The van der Waals surface area contributed by atoms with Crippen LogP contribution in [0.5, 0.6) is 0 Å². The summed E-state index contributed by atoms with van der Waals surface area (Å²) in [5, 5.41) is 10.1. The Morgan fingerprint density at radius 3 is 3.07 bits per heavy atom. The lowest BCUT2D eigenvalue weighted by molar-refractivity contribution is 0.164. The Bertz CT molecular complexity index is 238. The first-order valence-corrected chi connectivity index (χ1v) is 5.43. The summed E-state index contributed by atoms with van der Waals surface area (Å²) in [6.07, 6.45) is 4.64. The summed E-state index contributed by atoms with van der Waals surface area (Å²) in [6.45, 7) is 3.93. The number of hydrogen-bond donors (Lipinski definition) is 2. The van der Waals surface area contributed by atoms with Gasteiger partial charge < -0.3 is 10.1 Å². The third-order valence-corrected chi connectivity index (χ3v) is 2.35. The van der Waals surface area contributed by atoms with Gasteiger partial charge in [-0.1, -0.05) is 6.92 Å². The minimum absolute atomic E-state index is 0.463. The molecule has 0 aromatic carbocycles. The lowest BCUT2D eigenvalue weighted by Gasteiger charge is -2.15. The quantitative estimate of drug-likeness (QED) is 0.624. The van der Waals surface area contributed by atoms with Gasteiger partial charge in [0.15, 0.2) is 0 Å². The molecule has 5 nitrogen and oxygen atoms in total. The molecule has 86 valence electrons. The summed E-state index contributed by atoms with van der Waals surface area (Å²) in [4.78, 5) is 4.07. The van der Waals surface area contributed by atoms with E-state index in [1.54, 1.807) is 13.4 Å². The van der Waals surface area contributed by atoms with Crippen LogP contribution in [0.25, 0.3) is 0 Å². The SMILES string of the molecule is CCC(COC)NCCCc1ncn[nH]1. The average molecular weight is 212 g/mol. The maximum Gasteiger partial charge on any atom is 0.137 e. The van der Waals surface area contributed by atoms with Crippen LogP contribution in [0, 0.1) is 0 Å². The molecule has 0 aliphatic rings. The number of nitrogens with one attached hydrogen (secondary N) is 2. The van der Waals surface area contributed by atoms with Gasteiger partial charge in [-0.15, -0.1) is 0 Å². The molecule has 0 saturated heterocycles. The van der Waals surface area contributed by atoms with Crippen LogP contribution in [0.4, 0.5) is 0 Å². The molecule has 0 bridgehead atoms. The fraction of sp³-hybridized carbons (Fsp3) is 0.800. The monoisotopic (exact) mass is 212 g/mol. The van der Waals surface area contributed by atoms with Crippen molar-refractivity contribution in [3.63, 3.8) is 0 Å². The summed E-state index contributed by atoms with van der Waals surface area (Å²) in [5.74, 6) is 0.955. The summed E-state index contributed by atoms with van der Waals surface area (Å²) in [5.41, 5.74) is 0. The molecule has 15 heavy (non-hydrogen) atoms. The van der Waals surface area contributed by atoms with Crippen molar-refractivity contribution in [3.05, 3.63) is 12.2 Å². The van der Waals surface area contributed by atoms with Crippen LogP contribution in [-0.4, -0.2) is 41.5 Å². The van der Waals surface area contributed by atoms with Gasteiger partial charge in [-0.25, -0.2) is 4.98 Å². The molecule has 1 aromatic heterocycles. The molecule has 5 heteroatoms. The van der Waals surface area contributed by atoms with Crippen molar-refractivity contribution in [1.29, 1.82) is 0 Å². The van der Waals surface area contributed by atoms with Gasteiger partial charge in [-0.3, -0.25) is 5.10 Å². The van der Waals surface area contributed by atoms with Gasteiger partial charge in [0.1, 0.15) is 12.2 Å². The second-order valence-electron chi connectivity index (χ2n) is 3.55. The maximum atomic E-state index is 5.11. The van der Waals surface area contributed by atoms with Crippen molar-refractivity contribution in [2.45, 2.75) is 32.2 Å². The highest BCUT2D eigenvalue weighted by Crippen LogP contribution is 1.95. The van der Waals surface area contributed by atoms with Crippen molar-refractivity contribution < 1.29 is 4.74 Å². The molecular weight excluding hydrogens is 192 g/mol. The van der Waals surface area contributed by atoms with E-state index in [0.717, 1.165) is 38.2 Å². The number of methoxy groups -OCH3 is 1. The van der Waals surface area contributed by atoms with Gasteiger partial charge >= 0.3 is 0 Å². The molecule has 0 amide bonds. The third kappa shape index (κ3) is 4.90. The lowest BCUT2D eigenvalue weighted by Crippen LogP contribution is -2.33. The highest BCUT2D eigenvalue weighted by molar-refractivity contribution is 4.80. The zero-order valence-electron chi connectivity index (χ0n) is 9.49. The minimum Gasteiger partial charge on any atom is -0.383 e. The van der Waals surface area contributed by atoms with Crippen LogP contribution < -0.4 is 5.32 Å². The number of hydrogen-bond acceptors (Lipinski definition) is 4. The van der Waals surface area contributed by atoms with Crippen LogP contribution in [0.2, 0.25) is 0 Å². The van der Waals surface area contributed by atoms with Gasteiger partial charge in [-0.05, 0) is 19.4 Å². The first-order chi connectivity index (χ1) is 7.36. The Kier molecular flexibility index (Phi) is 5.96. The molecule has 0 aliphatic carbocycles.